The highest BCUT2D eigenvalue weighted by molar-refractivity contribution is 5.19. The van der Waals surface area contributed by atoms with Gasteiger partial charge in [-0.3, -0.25) is 0 Å². The zero-order chi connectivity index (χ0) is 8.81. The number of rotatable bonds is 0. The van der Waals surface area contributed by atoms with Crippen LogP contribution >= 0.6 is 0 Å². The molecule has 0 bridgehead atoms. The molecule has 0 saturated heterocycles. The molecule has 0 radical (unpaired) electrons. The fraction of sp³-hybridized carbons (Fsp3) is 0.0909. The maximum atomic E-state index is 9.22. The van der Waals surface area contributed by atoms with Crippen LogP contribution in [0, 0.1) is 6.92 Å². The molecule has 0 atom stereocenters. The van der Waals surface area contributed by atoms with E-state index in [2.05, 4.69) is 0 Å². The summed E-state index contributed by atoms with van der Waals surface area (Å²) in [7, 11) is 0. The summed E-state index contributed by atoms with van der Waals surface area (Å²) in [5, 5.41) is 9.22. The molecule has 0 amide bonds. The zero-order valence-corrected chi connectivity index (χ0v) is 7.07. The molecule has 12 heavy (non-hydrogen) atoms. The van der Waals surface area contributed by atoms with E-state index in [4.69, 9.17) is 0 Å². The van der Waals surface area contributed by atoms with Gasteiger partial charge in [0.15, 0.2) is 0 Å². The molecule has 0 unspecified atom stereocenters. The summed E-state index contributed by atoms with van der Waals surface area (Å²) in [5.41, 5.74) is 1.11. The third-order valence-corrected chi connectivity index (χ3v) is 1.48. The predicted octanol–water partition coefficient (Wildman–Crippen LogP) is 2.83. The quantitative estimate of drug-likeness (QED) is 0.618. The minimum atomic E-state index is 0.273. The lowest BCUT2D eigenvalue weighted by Crippen LogP contribution is -1.62. The van der Waals surface area contributed by atoms with Gasteiger partial charge in [0, 0.05) is 0 Å². The summed E-state index contributed by atoms with van der Waals surface area (Å²) in [6.45, 7) is 1.99. The van der Waals surface area contributed by atoms with Gasteiger partial charge in [-0.15, -0.1) is 0 Å². The van der Waals surface area contributed by atoms with Gasteiger partial charge < -0.3 is 5.11 Å². The third-order valence-electron chi connectivity index (χ3n) is 1.48. The molecule has 1 nitrogen and oxygen atoms in total. The van der Waals surface area contributed by atoms with E-state index < -0.39 is 0 Å². The standard InChI is InChI=1S/C11H12O/c1-10-6-4-2-3-5-7-11(12)9-8-10/h2-9,12H,1H3. The van der Waals surface area contributed by atoms with Crippen molar-refractivity contribution in [2.75, 3.05) is 0 Å². The Labute approximate surface area is 72.6 Å². The van der Waals surface area contributed by atoms with Crippen LogP contribution in [0.15, 0.2) is 48.5 Å². The van der Waals surface area contributed by atoms with Crippen molar-refractivity contribution in [3.63, 3.8) is 0 Å². The predicted molar refractivity (Wildman–Crippen MR) is 50.5 cm³/mol. The van der Waals surface area contributed by atoms with E-state index in [0.717, 1.165) is 5.56 Å². The van der Waals surface area contributed by atoms with Gasteiger partial charge in [-0.05, 0) is 19.1 Å². The topological polar surface area (TPSA) is 20.2 Å². The van der Waals surface area contributed by atoms with Gasteiger partial charge in [0.05, 0.1) is 0 Å². The maximum absolute atomic E-state index is 9.22. The molecular formula is C11H12O. The average molecular weight is 160 g/mol. The highest BCUT2D eigenvalue weighted by atomic mass is 16.3. The average Bonchev–Trinajstić information content (AvgIpc) is 2.07. The molecule has 0 aliphatic heterocycles. The van der Waals surface area contributed by atoms with E-state index in [-0.39, 0.29) is 5.75 Å². The molecule has 0 saturated carbocycles. The van der Waals surface area contributed by atoms with Crippen LogP contribution < -0.4 is 0 Å². The van der Waals surface area contributed by atoms with Crippen molar-refractivity contribution in [3.8, 4) is 5.75 Å². The second-order valence-electron chi connectivity index (χ2n) is 2.61. The van der Waals surface area contributed by atoms with Gasteiger partial charge in [0.2, 0.25) is 0 Å². The Bertz CT molecular complexity index is 272. The summed E-state index contributed by atoms with van der Waals surface area (Å²) < 4.78 is 0. The second-order valence-corrected chi connectivity index (χ2v) is 2.61. The van der Waals surface area contributed by atoms with E-state index in [0.29, 0.717) is 0 Å². The molecule has 1 rings (SSSR count). The van der Waals surface area contributed by atoms with Crippen molar-refractivity contribution in [2.24, 2.45) is 0 Å². The Hall–Kier alpha value is -1.50. The van der Waals surface area contributed by atoms with Gasteiger partial charge in [-0.2, -0.15) is 0 Å². The van der Waals surface area contributed by atoms with Gasteiger partial charge in [-0.25, -0.2) is 0 Å². The molecule has 0 aliphatic rings. The lowest BCUT2D eigenvalue weighted by molar-refractivity contribution is 0.476. The SMILES string of the molecule is Cc1ccccccc(O)cc1. The van der Waals surface area contributed by atoms with Crippen molar-refractivity contribution < 1.29 is 5.11 Å². The molecule has 0 fully saturated rings. The Balaban J connectivity index is 3.21. The fourth-order valence-electron chi connectivity index (χ4n) is 0.818. The first-order valence-corrected chi connectivity index (χ1v) is 3.88. The summed E-state index contributed by atoms with van der Waals surface area (Å²) in [5.74, 6) is 0.273. The van der Waals surface area contributed by atoms with Gasteiger partial charge in [0.25, 0.3) is 0 Å². The number of aromatic hydroxyl groups is 1. The van der Waals surface area contributed by atoms with E-state index >= 15 is 0 Å². The van der Waals surface area contributed by atoms with Crippen LogP contribution in [0.1, 0.15) is 5.56 Å². The highest BCUT2D eigenvalue weighted by Gasteiger charge is 1.77. The van der Waals surface area contributed by atoms with Crippen molar-refractivity contribution in [1.82, 2.24) is 0 Å². The molecule has 0 aromatic heterocycles. The van der Waals surface area contributed by atoms with E-state index in [9.17, 15) is 5.11 Å². The lowest BCUT2D eigenvalue weighted by Gasteiger charge is -1.85. The monoisotopic (exact) mass is 160 g/mol. The van der Waals surface area contributed by atoms with Gasteiger partial charge in [0.1, 0.15) is 5.75 Å². The Morgan fingerprint density at radius 3 is 2.25 bits per heavy atom. The van der Waals surface area contributed by atoms with Crippen LogP contribution in [0.4, 0.5) is 0 Å². The molecule has 1 aromatic rings. The first-order chi connectivity index (χ1) is 5.79. The van der Waals surface area contributed by atoms with E-state index in [1.54, 1.807) is 18.2 Å². The fourth-order valence-corrected chi connectivity index (χ4v) is 0.818. The Kier molecular flexibility index (Phi) is 3.15. The van der Waals surface area contributed by atoms with Crippen molar-refractivity contribution in [3.05, 3.63) is 54.1 Å². The molecule has 0 spiro atoms. The third kappa shape index (κ3) is 3.06. The molecular weight excluding hydrogens is 148 g/mol. The molecule has 1 aromatic carbocycles. The Morgan fingerprint density at radius 1 is 0.833 bits per heavy atom. The number of hydrogen-bond donors (Lipinski definition) is 1. The first-order valence-electron chi connectivity index (χ1n) is 3.88. The molecule has 0 aliphatic carbocycles. The second kappa shape index (κ2) is 4.39. The summed E-state index contributed by atoms with van der Waals surface area (Å²) in [6, 6.07) is 14.7. The van der Waals surface area contributed by atoms with Crippen LogP contribution in [0.3, 0.4) is 0 Å². The normalized spacial score (nSPS) is 8.75. The lowest BCUT2D eigenvalue weighted by atomic mass is 10.3. The van der Waals surface area contributed by atoms with Crippen LogP contribution in [0.2, 0.25) is 0 Å². The first kappa shape index (κ1) is 8.60. The van der Waals surface area contributed by atoms with Crippen LogP contribution in [0.5, 0.6) is 5.75 Å². The van der Waals surface area contributed by atoms with Crippen LogP contribution in [0.25, 0.3) is 0 Å². The summed E-state index contributed by atoms with van der Waals surface area (Å²) in [4.78, 5) is 0. The molecule has 62 valence electrons. The largest absolute Gasteiger partial charge is 0.508 e. The van der Waals surface area contributed by atoms with Gasteiger partial charge >= 0.3 is 0 Å². The van der Waals surface area contributed by atoms with Crippen LogP contribution in [-0.2, 0) is 0 Å². The number of aryl methyl sites for hydroxylation is 1. The zero-order valence-electron chi connectivity index (χ0n) is 7.07. The molecule has 1 heteroatoms. The minimum Gasteiger partial charge on any atom is -0.508 e. The van der Waals surface area contributed by atoms with E-state index in [1.807, 2.05) is 37.3 Å². The summed E-state index contributed by atoms with van der Waals surface area (Å²) in [6.07, 6.45) is 0. The smallest absolute Gasteiger partial charge is 0.115 e. The molecule has 1 N–H and O–H groups in total. The minimum absolute atomic E-state index is 0.273. The number of hydrogen-bond acceptors (Lipinski definition) is 1. The summed E-state index contributed by atoms with van der Waals surface area (Å²) >= 11 is 0. The Morgan fingerprint density at radius 2 is 1.50 bits per heavy atom. The van der Waals surface area contributed by atoms with Crippen LogP contribution in [-0.4, -0.2) is 5.11 Å². The maximum Gasteiger partial charge on any atom is 0.115 e. The van der Waals surface area contributed by atoms with E-state index in [1.165, 1.54) is 0 Å². The molecule has 0 heterocycles. The van der Waals surface area contributed by atoms with Crippen molar-refractivity contribution in [2.45, 2.75) is 6.92 Å². The van der Waals surface area contributed by atoms with Crippen molar-refractivity contribution in [1.29, 1.82) is 0 Å². The highest BCUT2D eigenvalue weighted by Crippen LogP contribution is 2.02. The van der Waals surface area contributed by atoms with Gasteiger partial charge in [-0.1, -0.05) is 42.0 Å². The van der Waals surface area contributed by atoms with Crippen molar-refractivity contribution >= 4 is 0 Å².